The van der Waals surface area contributed by atoms with Crippen molar-refractivity contribution in [3.63, 3.8) is 0 Å². The standard InChI is InChI=1S/C11H25N3/c1-12(2)8-9-13(3)10-11-14-6-4-5-7-14/h4-11H2,1-3H3. The van der Waals surface area contributed by atoms with Crippen LogP contribution in [0.15, 0.2) is 0 Å². The summed E-state index contributed by atoms with van der Waals surface area (Å²) < 4.78 is 0. The highest BCUT2D eigenvalue weighted by Gasteiger charge is 2.11. The van der Waals surface area contributed by atoms with Crippen LogP contribution in [0.5, 0.6) is 0 Å². The fourth-order valence-electron chi connectivity index (χ4n) is 1.80. The van der Waals surface area contributed by atoms with Gasteiger partial charge in [-0.2, -0.15) is 0 Å². The van der Waals surface area contributed by atoms with Gasteiger partial charge in [0, 0.05) is 26.2 Å². The first-order valence-corrected chi connectivity index (χ1v) is 5.74. The lowest BCUT2D eigenvalue weighted by Crippen LogP contribution is -2.35. The van der Waals surface area contributed by atoms with Crippen LogP contribution in [-0.4, -0.2) is 75.1 Å². The Bertz CT molecular complexity index is 141. The second-order valence-electron chi connectivity index (χ2n) is 4.66. The SMILES string of the molecule is CN(C)CCN(C)CCN1CCCC1. The second kappa shape index (κ2) is 6.38. The molecule has 1 heterocycles. The van der Waals surface area contributed by atoms with Gasteiger partial charge in [-0.15, -0.1) is 0 Å². The second-order valence-corrected chi connectivity index (χ2v) is 4.66. The van der Waals surface area contributed by atoms with Crippen molar-refractivity contribution < 1.29 is 0 Å². The maximum atomic E-state index is 2.58. The van der Waals surface area contributed by atoms with Crippen molar-refractivity contribution in [1.82, 2.24) is 14.7 Å². The van der Waals surface area contributed by atoms with Crippen molar-refractivity contribution >= 4 is 0 Å². The number of likely N-dealkylation sites (N-methyl/N-ethyl adjacent to an activating group) is 2. The van der Waals surface area contributed by atoms with E-state index < -0.39 is 0 Å². The van der Waals surface area contributed by atoms with Gasteiger partial charge in [0.2, 0.25) is 0 Å². The van der Waals surface area contributed by atoms with E-state index in [4.69, 9.17) is 0 Å². The molecule has 14 heavy (non-hydrogen) atoms. The van der Waals surface area contributed by atoms with E-state index in [-0.39, 0.29) is 0 Å². The minimum atomic E-state index is 1.16. The largest absolute Gasteiger partial charge is 0.308 e. The number of rotatable bonds is 6. The summed E-state index contributed by atoms with van der Waals surface area (Å²) in [6.07, 6.45) is 2.81. The van der Waals surface area contributed by atoms with Crippen LogP contribution in [0.25, 0.3) is 0 Å². The highest BCUT2D eigenvalue weighted by atomic mass is 15.2. The van der Waals surface area contributed by atoms with Crippen LogP contribution >= 0.6 is 0 Å². The van der Waals surface area contributed by atoms with Gasteiger partial charge < -0.3 is 14.7 Å². The Hall–Kier alpha value is -0.120. The molecule has 84 valence electrons. The Morgan fingerprint density at radius 2 is 1.57 bits per heavy atom. The zero-order valence-electron chi connectivity index (χ0n) is 10.00. The summed E-state index contributed by atoms with van der Waals surface area (Å²) in [6, 6.07) is 0. The predicted octanol–water partition coefficient (Wildman–Crippen LogP) is 0.576. The molecule has 3 nitrogen and oxygen atoms in total. The van der Waals surface area contributed by atoms with Crippen LogP contribution in [0.4, 0.5) is 0 Å². The van der Waals surface area contributed by atoms with Crippen LogP contribution in [0.3, 0.4) is 0 Å². The van der Waals surface area contributed by atoms with E-state index in [9.17, 15) is 0 Å². The van der Waals surface area contributed by atoms with Gasteiger partial charge in [0.15, 0.2) is 0 Å². The molecular formula is C11H25N3. The summed E-state index contributed by atoms with van der Waals surface area (Å²) in [4.78, 5) is 7.25. The first-order chi connectivity index (χ1) is 6.68. The molecule has 0 atom stereocenters. The lowest BCUT2D eigenvalue weighted by Gasteiger charge is -2.22. The Balaban J connectivity index is 1.99. The van der Waals surface area contributed by atoms with E-state index in [1.54, 1.807) is 0 Å². The first kappa shape index (κ1) is 12.0. The van der Waals surface area contributed by atoms with Crippen LogP contribution < -0.4 is 0 Å². The maximum absolute atomic E-state index is 2.58. The zero-order chi connectivity index (χ0) is 10.4. The summed E-state index contributed by atoms with van der Waals surface area (Å²) in [7, 11) is 6.49. The van der Waals surface area contributed by atoms with Gasteiger partial charge in [0.1, 0.15) is 0 Å². The molecule has 0 bridgehead atoms. The third kappa shape index (κ3) is 4.94. The Kier molecular flexibility index (Phi) is 5.45. The van der Waals surface area contributed by atoms with Crippen molar-refractivity contribution in [3.8, 4) is 0 Å². The number of likely N-dealkylation sites (tertiary alicyclic amines) is 1. The molecule has 0 N–H and O–H groups in total. The van der Waals surface area contributed by atoms with Crippen molar-refractivity contribution in [1.29, 1.82) is 0 Å². The highest BCUT2D eigenvalue weighted by Crippen LogP contribution is 2.06. The van der Waals surface area contributed by atoms with Gasteiger partial charge in [-0.05, 0) is 47.1 Å². The van der Waals surface area contributed by atoms with E-state index >= 15 is 0 Å². The molecule has 0 aliphatic carbocycles. The van der Waals surface area contributed by atoms with Gasteiger partial charge in [0.05, 0.1) is 0 Å². The van der Waals surface area contributed by atoms with Gasteiger partial charge >= 0.3 is 0 Å². The summed E-state index contributed by atoms with van der Waals surface area (Å²) >= 11 is 0. The minimum Gasteiger partial charge on any atom is -0.308 e. The molecular weight excluding hydrogens is 174 g/mol. The molecule has 1 rings (SSSR count). The minimum absolute atomic E-state index is 1.16. The Morgan fingerprint density at radius 1 is 0.929 bits per heavy atom. The summed E-state index contributed by atoms with van der Waals surface area (Å²) in [5.41, 5.74) is 0. The van der Waals surface area contributed by atoms with Crippen molar-refractivity contribution in [2.75, 3.05) is 60.4 Å². The number of hydrogen-bond donors (Lipinski definition) is 0. The van der Waals surface area contributed by atoms with Gasteiger partial charge in [0.25, 0.3) is 0 Å². The topological polar surface area (TPSA) is 9.72 Å². The first-order valence-electron chi connectivity index (χ1n) is 5.74. The number of nitrogens with zero attached hydrogens (tertiary/aromatic N) is 3. The molecule has 0 saturated carbocycles. The Morgan fingerprint density at radius 3 is 2.14 bits per heavy atom. The molecule has 1 aliphatic heterocycles. The highest BCUT2D eigenvalue weighted by molar-refractivity contribution is 4.67. The number of hydrogen-bond acceptors (Lipinski definition) is 3. The fourth-order valence-corrected chi connectivity index (χ4v) is 1.80. The lowest BCUT2D eigenvalue weighted by molar-refractivity contribution is 0.238. The summed E-state index contributed by atoms with van der Waals surface area (Å²) in [5, 5.41) is 0. The van der Waals surface area contributed by atoms with Crippen LogP contribution in [0.1, 0.15) is 12.8 Å². The smallest absolute Gasteiger partial charge is 0.0109 e. The summed E-state index contributed by atoms with van der Waals surface area (Å²) in [6.45, 7) is 7.46. The molecule has 0 unspecified atom stereocenters. The van der Waals surface area contributed by atoms with E-state index in [2.05, 4.69) is 35.8 Å². The molecule has 1 saturated heterocycles. The average molecular weight is 199 g/mol. The fraction of sp³-hybridized carbons (Fsp3) is 1.00. The van der Waals surface area contributed by atoms with Crippen molar-refractivity contribution in [2.45, 2.75) is 12.8 Å². The van der Waals surface area contributed by atoms with E-state index in [0.29, 0.717) is 0 Å². The van der Waals surface area contributed by atoms with E-state index in [0.717, 1.165) is 6.54 Å². The molecule has 3 heteroatoms. The van der Waals surface area contributed by atoms with E-state index in [1.807, 2.05) is 0 Å². The normalized spacial score (nSPS) is 18.6. The van der Waals surface area contributed by atoms with Crippen LogP contribution in [0, 0.1) is 0 Å². The molecule has 1 fully saturated rings. The van der Waals surface area contributed by atoms with Gasteiger partial charge in [-0.3, -0.25) is 0 Å². The molecule has 0 aromatic heterocycles. The quantitative estimate of drug-likeness (QED) is 0.619. The van der Waals surface area contributed by atoms with Crippen LogP contribution in [0.2, 0.25) is 0 Å². The van der Waals surface area contributed by atoms with Gasteiger partial charge in [-0.1, -0.05) is 0 Å². The average Bonchev–Trinajstić information content (AvgIpc) is 2.63. The van der Waals surface area contributed by atoms with E-state index in [1.165, 1.54) is 45.6 Å². The molecule has 0 spiro atoms. The zero-order valence-corrected chi connectivity index (χ0v) is 10.00. The molecule has 0 radical (unpaired) electrons. The molecule has 0 aromatic carbocycles. The van der Waals surface area contributed by atoms with Crippen molar-refractivity contribution in [2.24, 2.45) is 0 Å². The molecule has 0 amide bonds. The summed E-state index contributed by atoms with van der Waals surface area (Å²) in [5.74, 6) is 0. The van der Waals surface area contributed by atoms with Gasteiger partial charge in [-0.25, -0.2) is 0 Å². The predicted molar refractivity (Wildman–Crippen MR) is 61.7 cm³/mol. The third-order valence-electron chi connectivity index (χ3n) is 2.93. The Labute approximate surface area is 88.7 Å². The van der Waals surface area contributed by atoms with Crippen molar-refractivity contribution in [3.05, 3.63) is 0 Å². The lowest BCUT2D eigenvalue weighted by atomic mass is 10.4. The van der Waals surface area contributed by atoms with Crippen LogP contribution in [-0.2, 0) is 0 Å². The molecule has 1 aliphatic rings. The monoisotopic (exact) mass is 199 g/mol. The molecule has 0 aromatic rings. The maximum Gasteiger partial charge on any atom is 0.0109 e. The third-order valence-corrected chi connectivity index (χ3v) is 2.93.